The number of nitrogens with zero attached hydrogens (tertiary/aromatic N) is 4. The fraction of sp³-hybridized carbons (Fsp3) is 0.125. The van der Waals surface area contributed by atoms with Crippen molar-refractivity contribution in [3.05, 3.63) is 53.2 Å². The van der Waals surface area contributed by atoms with Gasteiger partial charge in [0.15, 0.2) is 0 Å². The average Bonchev–Trinajstić information content (AvgIpc) is 2.61. The molecule has 0 bridgehead atoms. The summed E-state index contributed by atoms with van der Waals surface area (Å²) in [5.74, 6) is 1.45. The molecular formula is C16H16ClN7O2S. The van der Waals surface area contributed by atoms with Gasteiger partial charge < -0.3 is 11.1 Å². The van der Waals surface area contributed by atoms with Gasteiger partial charge in [-0.05, 0) is 25.1 Å². The van der Waals surface area contributed by atoms with E-state index in [1.54, 1.807) is 31.3 Å². The third-order valence-electron chi connectivity index (χ3n) is 3.51. The maximum absolute atomic E-state index is 10.7. The molecule has 0 unspecified atom stereocenters. The van der Waals surface area contributed by atoms with Gasteiger partial charge in [0.25, 0.3) is 0 Å². The summed E-state index contributed by atoms with van der Waals surface area (Å²) < 4.78 is 23.8. The fourth-order valence-electron chi connectivity index (χ4n) is 2.41. The van der Waals surface area contributed by atoms with Gasteiger partial charge in [-0.1, -0.05) is 11.6 Å². The van der Waals surface area contributed by atoms with Gasteiger partial charge in [0.05, 0.1) is 17.6 Å². The van der Waals surface area contributed by atoms with Crippen LogP contribution in [0, 0.1) is 6.92 Å². The number of halogens is 1. The van der Waals surface area contributed by atoms with Crippen molar-refractivity contribution in [2.45, 2.75) is 13.5 Å². The van der Waals surface area contributed by atoms with Crippen LogP contribution >= 0.6 is 11.6 Å². The zero-order chi connectivity index (χ0) is 19.4. The molecule has 3 aromatic heterocycles. The number of aryl methyl sites for hydroxylation is 1. The molecular weight excluding hydrogens is 390 g/mol. The monoisotopic (exact) mass is 405 g/mol. The van der Waals surface area contributed by atoms with Crippen molar-refractivity contribution in [3.63, 3.8) is 0 Å². The Morgan fingerprint density at radius 2 is 2.04 bits per heavy atom. The van der Waals surface area contributed by atoms with E-state index in [9.17, 15) is 8.42 Å². The number of nitrogen functional groups attached to an aromatic ring is 1. The van der Waals surface area contributed by atoms with E-state index in [-0.39, 0.29) is 11.7 Å². The topological polar surface area (TPSA) is 136 Å². The van der Waals surface area contributed by atoms with Crippen LogP contribution in [0.15, 0.2) is 36.7 Å². The molecule has 0 spiro atoms. The molecule has 11 heteroatoms. The third kappa shape index (κ3) is 4.88. The van der Waals surface area contributed by atoms with Crippen molar-refractivity contribution >= 4 is 39.8 Å². The molecule has 0 amide bonds. The van der Waals surface area contributed by atoms with Crippen LogP contribution < -0.4 is 15.8 Å². The molecule has 9 nitrogen and oxygen atoms in total. The van der Waals surface area contributed by atoms with E-state index in [1.807, 2.05) is 6.07 Å². The highest BCUT2D eigenvalue weighted by atomic mass is 35.5. The van der Waals surface area contributed by atoms with Gasteiger partial charge >= 0.3 is 0 Å². The van der Waals surface area contributed by atoms with Crippen molar-refractivity contribution in [1.82, 2.24) is 24.7 Å². The molecule has 140 valence electrons. The summed E-state index contributed by atoms with van der Waals surface area (Å²) in [6.45, 7) is 1.79. The molecule has 3 aromatic rings. The molecule has 0 aliphatic carbocycles. The van der Waals surface area contributed by atoms with Crippen LogP contribution in [0.2, 0.25) is 5.15 Å². The van der Waals surface area contributed by atoms with Gasteiger partial charge in [0, 0.05) is 29.9 Å². The first-order valence-corrected chi connectivity index (χ1v) is 9.34. The lowest BCUT2D eigenvalue weighted by Crippen LogP contribution is -2.11. The molecule has 0 aliphatic heterocycles. The van der Waals surface area contributed by atoms with E-state index in [0.717, 1.165) is 5.56 Å². The van der Waals surface area contributed by atoms with Gasteiger partial charge in [-0.2, -0.15) is 0 Å². The lowest BCUT2D eigenvalue weighted by Gasteiger charge is -2.12. The first-order chi connectivity index (χ1) is 12.9. The number of hydrogen-bond acceptors (Lipinski definition) is 8. The minimum absolute atomic E-state index is 0.0385. The smallest absolute Gasteiger partial charge is 0.201 e. The number of nitrogens with one attached hydrogen (secondary N) is 2. The van der Waals surface area contributed by atoms with Crippen molar-refractivity contribution in [1.29, 1.82) is 0 Å². The minimum Gasteiger partial charge on any atom is -0.384 e. The van der Waals surface area contributed by atoms with E-state index in [4.69, 9.17) is 17.3 Å². The van der Waals surface area contributed by atoms with Crippen LogP contribution in [-0.4, -0.2) is 28.4 Å². The van der Waals surface area contributed by atoms with Crippen LogP contribution in [0.5, 0.6) is 0 Å². The number of thiol groups is 1. The minimum atomic E-state index is -2.73. The molecule has 0 radical (unpaired) electrons. The van der Waals surface area contributed by atoms with Gasteiger partial charge in [-0.25, -0.2) is 33.1 Å². The van der Waals surface area contributed by atoms with E-state index in [1.165, 1.54) is 6.20 Å². The van der Waals surface area contributed by atoms with Crippen molar-refractivity contribution in [2.75, 3.05) is 11.1 Å². The third-order valence-corrected chi connectivity index (χ3v) is 4.27. The summed E-state index contributed by atoms with van der Waals surface area (Å²) in [5.41, 5.74) is 8.30. The van der Waals surface area contributed by atoms with Gasteiger partial charge in [0.1, 0.15) is 22.6 Å². The predicted molar refractivity (Wildman–Crippen MR) is 104 cm³/mol. The van der Waals surface area contributed by atoms with Crippen LogP contribution in [-0.2, 0) is 17.4 Å². The molecule has 3 rings (SSSR count). The number of pyridine rings is 2. The van der Waals surface area contributed by atoms with Gasteiger partial charge in [0.2, 0.25) is 10.9 Å². The quantitative estimate of drug-likeness (QED) is 0.360. The predicted octanol–water partition coefficient (Wildman–Crippen LogP) is 1.84. The van der Waals surface area contributed by atoms with Crippen molar-refractivity contribution in [2.24, 2.45) is 0 Å². The molecule has 0 fully saturated rings. The number of aromatic nitrogens is 4. The SMILES string of the molecule is Cc1nc(N)cc(-c2cccnc2Nc2cnc(Cl)c(CN[SH](=O)=O)c2)n1. The van der Waals surface area contributed by atoms with Gasteiger partial charge in [-0.3, -0.25) is 0 Å². The second-order valence-electron chi connectivity index (χ2n) is 5.52. The zero-order valence-corrected chi connectivity index (χ0v) is 15.8. The Labute approximate surface area is 162 Å². The molecule has 0 aliphatic rings. The van der Waals surface area contributed by atoms with Gasteiger partial charge in [-0.15, -0.1) is 0 Å². The van der Waals surface area contributed by atoms with Crippen LogP contribution in [0.25, 0.3) is 11.3 Å². The molecule has 0 atom stereocenters. The van der Waals surface area contributed by atoms with Crippen LogP contribution in [0.4, 0.5) is 17.3 Å². The lowest BCUT2D eigenvalue weighted by molar-refractivity contribution is 0.601. The second kappa shape index (κ2) is 8.25. The largest absolute Gasteiger partial charge is 0.384 e. The molecule has 27 heavy (non-hydrogen) atoms. The lowest BCUT2D eigenvalue weighted by atomic mass is 10.1. The highest BCUT2D eigenvalue weighted by Crippen LogP contribution is 2.28. The summed E-state index contributed by atoms with van der Waals surface area (Å²) >= 11 is 6.02. The number of anilines is 3. The molecule has 3 heterocycles. The van der Waals surface area contributed by atoms with E-state index < -0.39 is 10.9 Å². The Balaban J connectivity index is 1.94. The normalized spacial score (nSPS) is 10.9. The standard InChI is InChI=1S/C16H16ClN7O2S/c1-9-22-13(6-14(18)23-9)12-3-2-4-19-16(12)24-11-5-10(7-21-27(25)26)15(17)20-8-11/h2-6,8,27H,7H2,1H3,(H,19,24)(H2,18,22,23)(H,21,25,26). The van der Waals surface area contributed by atoms with Crippen LogP contribution in [0.1, 0.15) is 11.4 Å². The first kappa shape index (κ1) is 19.0. The molecule has 0 aromatic carbocycles. The first-order valence-electron chi connectivity index (χ1n) is 7.78. The van der Waals surface area contributed by atoms with E-state index in [0.29, 0.717) is 34.4 Å². The Bertz CT molecular complexity index is 1030. The average molecular weight is 406 g/mol. The summed E-state index contributed by atoms with van der Waals surface area (Å²) in [6, 6.07) is 6.99. The number of hydrogen-bond donors (Lipinski definition) is 4. The molecule has 0 saturated carbocycles. The highest BCUT2D eigenvalue weighted by molar-refractivity contribution is 7.70. The molecule has 4 N–H and O–H groups in total. The molecule has 0 saturated heterocycles. The highest BCUT2D eigenvalue weighted by Gasteiger charge is 2.11. The fourth-order valence-corrected chi connectivity index (χ4v) is 2.88. The Morgan fingerprint density at radius 3 is 2.78 bits per heavy atom. The Hall–Kier alpha value is -2.82. The van der Waals surface area contributed by atoms with Crippen LogP contribution in [0.3, 0.4) is 0 Å². The Morgan fingerprint density at radius 1 is 1.22 bits per heavy atom. The van der Waals surface area contributed by atoms with E-state index >= 15 is 0 Å². The maximum atomic E-state index is 10.7. The summed E-state index contributed by atoms with van der Waals surface area (Å²) in [6.07, 6.45) is 3.16. The Kier molecular flexibility index (Phi) is 5.79. The van der Waals surface area contributed by atoms with Crippen molar-refractivity contribution in [3.8, 4) is 11.3 Å². The number of rotatable bonds is 6. The van der Waals surface area contributed by atoms with Crippen molar-refractivity contribution < 1.29 is 8.42 Å². The summed E-state index contributed by atoms with van der Waals surface area (Å²) in [5, 5.41) is 3.37. The zero-order valence-electron chi connectivity index (χ0n) is 14.2. The maximum Gasteiger partial charge on any atom is 0.201 e. The second-order valence-corrected chi connectivity index (χ2v) is 6.70. The summed E-state index contributed by atoms with van der Waals surface area (Å²) in [4.78, 5) is 16.9. The summed E-state index contributed by atoms with van der Waals surface area (Å²) in [7, 11) is -2.73. The number of nitrogens with two attached hydrogens (primary N) is 1. The van der Waals surface area contributed by atoms with E-state index in [2.05, 4.69) is 30.0 Å².